The Bertz CT molecular complexity index is 968. The summed E-state index contributed by atoms with van der Waals surface area (Å²) in [6, 6.07) is 0.603. The first-order chi connectivity index (χ1) is 14.3. The van der Waals surface area contributed by atoms with Gasteiger partial charge in [0.1, 0.15) is 12.2 Å². The average Bonchev–Trinajstić information content (AvgIpc) is 3.02. The van der Waals surface area contributed by atoms with Crippen LogP contribution in [0.3, 0.4) is 0 Å². The van der Waals surface area contributed by atoms with E-state index in [9.17, 15) is 23.5 Å². The predicted molar refractivity (Wildman–Crippen MR) is 97.8 cm³/mol. The Morgan fingerprint density at radius 2 is 2.23 bits per heavy atom. The molecule has 1 aliphatic heterocycles. The van der Waals surface area contributed by atoms with Crippen molar-refractivity contribution >= 4 is 5.97 Å². The first kappa shape index (κ1) is 21.8. The molecular weight excluding hydrogens is 406 g/mol. The summed E-state index contributed by atoms with van der Waals surface area (Å²) in [7, 11) is 0. The summed E-state index contributed by atoms with van der Waals surface area (Å²) in [4.78, 5) is 27.7. The summed E-state index contributed by atoms with van der Waals surface area (Å²) in [5.74, 6) is -3.75. The van der Waals surface area contributed by atoms with E-state index in [2.05, 4.69) is 10.1 Å². The molecule has 1 fully saturated rings. The molecule has 1 N–H and O–H groups in total. The Morgan fingerprint density at radius 1 is 1.47 bits per heavy atom. The van der Waals surface area contributed by atoms with Crippen molar-refractivity contribution in [3.05, 3.63) is 33.8 Å². The molecule has 10 nitrogen and oxygen atoms in total. The summed E-state index contributed by atoms with van der Waals surface area (Å²) < 4.78 is 45.6. The number of carboxylic acids is 1. The number of pyridine rings is 1. The topological polar surface area (TPSA) is 118 Å². The van der Waals surface area contributed by atoms with Gasteiger partial charge in [-0.1, -0.05) is 0 Å². The van der Waals surface area contributed by atoms with Crippen LogP contribution in [-0.2, 0) is 22.6 Å². The predicted octanol–water partition coefficient (Wildman–Crippen LogP) is 2.02. The van der Waals surface area contributed by atoms with E-state index < -0.39 is 47.4 Å². The van der Waals surface area contributed by atoms with Crippen LogP contribution in [0.1, 0.15) is 49.3 Å². The van der Waals surface area contributed by atoms with Gasteiger partial charge in [-0.15, -0.1) is 5.10 Å². The van der Waals surface area contributed by atoms with Crippen LogP contribution in [0.2, 0.25) is 0 Å². The Kier molecular flexibility index (Phi) is 6.77. The van der Waals surface area contributed by atoms with E-state index in [1.165, 1.54) is 4.57 Å². The second kappa shape index (κ2) is 9.30. The highest BCUT2D eigenvalue weighted by Gasteiger charge is 2.24. The van der Waals surface area contributed by atoms with Gasteiger partial charge in [0, 0.05) is 20.1 Å². The first-order valence-electron chi connectivity index (χ1n) is 9.48. The van der Waals surface area contributed by atoms with Crippen molar-refractivity contribution in [3.8, 4) is 11.7 Å². The van der Waals surface area contributed by atoms with Crippen LogP contribution in [0, 0.1) is 5.82 Å². The van der Waals surface area contributed by atoms with E-state index in [1.807, 2.05) is 0 Å². The van der Waals surface area contributed by atoms with E-state index in [-0.39, 0.29) is 19.0 Å². The molecular formula is C18H22F2N4O6. The lowest BCUT2D eigenvalue weighted by Gasteiger charge is -2.22. The van der Waals surface area contributed by atoms with Crippen LogP contribution in [0.25, 0.3) is 5.82 Å². The van der Waals surface area contributed by atoms with E-state index in [4.69, 9.17) is 14.2 Å². The highest BCUT2D eigenvalue weighted by molar-refractivity contribution is 5.90. The molecule has 1 saturated heterocycles. The molecule has 0 saturated carbocycles. The average molecular weight is 428 g/mol. The maximum absolute atomic E-state index is 14.6. The van der Waals surface area contributed by atoms with Crippen LogP contribution < -0.4 is 10.4 Å². The number of hydrogen-bond donors (Lipinski definition) is 1. The quantitative estimate of drug-likeness (QED) is 0.679. The van der Waals surface area contributed by atoms with Gasteiger partial charge < -0.3 is 19.3 Å². The summed E-state index contributed by atoms with van der Waals surface area (Å²) in [5, 5.41) is 13.3. The van der Waals surface area contributed by atoms with Crippen molar-refractivity contribution in [1.29, 1.82) is 0 Å². The van der Waals surface area contributed by atoms with Gasteiger partial charge >= 0.3 is 11.7 Å². The van der Waals surface area contributed by atoms with Crippen molar-refractivity contribution in [2.75, 3.05) is 6.61 Å². The van der Waals surface area contributed by atoms with Crippen molar-refractivity contribution in [2.24, 2.45) is 0 Å². The lowest BCUT2D eigenvalue weighted by Crippen LogP contribution is -2.26. The molecule has 3 heterocycles. The second-order valence-corrected chi connectivity index (χ2v) is 6.57. The number of rotatable bonds is 8. The van der Waals surface area contributed by atoms with Gasteiger partial charge in [0.25, 0.3) is 0 Å². The fourth-order valence-corrected chi connectivity index (χ4v) is 3.02. The van der Waals surface area contributed by atoms with E-state index in [1.54, 1.807) is 6.92 Å². The monoisotopic (exact) mass is 428 g/mol. The van der Waals surface area contributed by atoms with Crippen LogP contribution in [-0.4, -0.2) is 49.7 Å². The minimum Gasteiger partial charge on any atom is -0.477 e. The highest BCUT2D eigenvalue weighted by Crippen LogP contribution is 2.22. The van der Waals surface area contributed by atoms with Gasteiger partial charge in [-0.3, -0.25) is 4.57 Å². The van der Waals surface area contributed by atoms with E-state index in [0.29, 0.717) is 23.8 Å². The van der Waals surface area contributed by atoms with Crippen molar-refractivity contribution in [2.45, 2.75) is 58.9 Å². The maximum atomic E-state index is 14.6. The maximum Gasteiger partial charge on any atom is 0.352 e. The van der Waals surface area contributed by atoms with Crippen LogP contribution in [0.4, 0.5) is 8.78 Å². The summed E-state index contributed by atoms with van der Waals surface area (Å²) in [6.07, 6.45) is 0.304. The lowest BCUT2D eigenvalue weighted by atomic mass is 10.2. The zero-order chi connectivity index (χ0) is 21.8. The fraction of sp³-hybridized carbons (Fsp3) is 0.556. The molecule has 0 aliphatic carbocycles. The zero-order valence-electron chi connectivity index (χ0n) is 16.5. The standard InChI is InChI=1S/C18H22F2N4O6/c1-3-23-13(9-29-14-6-4-5-7-28-14)22-24(18(23)27)15-12(20)8-11(17(25)26)16(21-15)30-10(2)19/h8,10,14H,3-7,9H2,1-2H3,(H,25,26)/t10-,14?/m0/s1. The van der Waals surface area contributed by atoms with Crippen LogP contribution in [0.5, 0.6) is 5.88 Å². The Labute approximate surface area is 170 Å². The molecule has 3 rings (SSSR count). The van der Waals surface area contributed by atoms with Gasteiger partial charge in [-0.25, -0.2) is 18.4 Å². The number of carboxylic acid groups (broad SMARTS) is 1. The third-order valence-electron chi connectivity index (χ3n) is 4.42. The summed E-state index contributed by atoms with van der Waals surface area (Å²) >= 11 is 0. The van der Waals surface area contributed by atoms with Gasteiger partial charge in [-0.2, -0.15) is 9.67 Å². The third kappa shape index (κ3) is 4.65. The molecule has 30 heavy (non-hydrogen) atoms. The number of hydrogen-bond acceptors (Lipinski definition) is 7. The normalized spacial score (nSPS) is 17.7. The first-order valence-corrected chi connectivity index (χ1v) is 9.48. The minimum atomic E-state index is -1.90. The molecule has 1 aliphatic rings. The molecule has 164 valence electrons. The number of carbonyl (C=O) groups is 1. The number of aromatic nitrogens is 4. The number of alkyl halides is 1. The van der Waals surface area contributed by atoms with Gasteiger partial charge in [0.2, 0.25) is 12.2 Å². The van der Waals surface area contributed by atoms with Crippen LogP contribution in [0.15, 0.2) is 10.9 Å². The second-order valence-electron chi connectivity index (χ2n) is 6.57. The third-order valence-corrected chi connectivity index (χ3v) is 4.42. The minimum absolute atomic E-state index is 0.0551. The lowest BCUT2D eigenvalue weighted by molar-refractivity contribution is -0.170. The Balaban J connectivity index is 1.97. The molecule has 0 spiro atoms. The molecule has 2 aromatic rings. The van der Waals surface area contributed by atoms with Gasteiger partial charge in [0.05, 0.1) is 0 Å². The number of nitrogens with zero attached hydrogens (tertiary/aromatic N) is 4. The van der Waals surface area contributed by atoms with E-state index >= 15 is 0 Å². The number of ether oxygens (including phenoxy) is 3. The zero-order valence-corrected chi connectivity index (χ0v) is 16.5. The van der Waals surface area contributed by atoms with Gasteiger partial charge in [-0.05, 0) is 32.3 Å². The van der Waals surface area contributed by atoms with Crippen molar-refractivity contribution in [1.82, 2.24) is 19.3 Å². The molecule has 0 aromatic carbocycles. The summed E-state index contributed by atoms with van der Waals surface area (Å²) in [5.41, 5.74) is -1.39. The fourth-order valence-electron chi connectivity index (χ4n) is 3.02. The molecule has 0 radical (unpaired) electrons. The SMILES string of the molecule is CCn1c(COC2CCCCO2)nn(-c2nc(O[C@@H](C)F)c(C(=O)O)cc2F)c1=O. The Hall–Kier alpha value is -2.86. The van der Waals surface area contributed by atoms with Gasteiger partial charge in [0.15, 0.2) is 23.7 Å². The molecule has 2 aromatic heterocycles. The smallest absolute Gasteiger partial charge is 0.352 e. The molecule has 2 atom stereocenters. The highest BCUT2D eigenvalue weighted by atomic mass is 19.1. The summed E-state index contributed by atoms with van der Waals surface area (Å²) in [6.45, 7) is 3.46. The van der Waals surface area contributed by atoms with Crippen LogP contribution >= 0.6 is 0 Å². The largest absolute Gasteiger partial charge is 0.477 e. The van der Waals surface area contributed by atoms with E-state index in [0.717, 1.165) is 19.8 Å². The number of halogens is 2. The molecule has 12 heteroatoms. The van der Waals surface area contributed by atoms with Crippen molar-refractivity contribution < 1.29 is 32.9 Å². The molecule has 1 unspecified atom stereocenters. The Morgan fingerprint density at radius 3 is 2.83 bits per heavy atom. The molecule has 0 bridgehead atoms. The van der Waals surface area contributed by atoms with Crippen molar-refractivity contribution in [3.63, 3.8) is 0 Å². The molecule has 0 amide bonds. The number of aromatic carboxylic acids is 1.